The van der Waals surface area contributed by atoms with Crippen LogP contribution in [-0.2, 0) is 6.18 Å². The largest absolute Gasteiger partial charge is 0.433 e. The smallest absolute Gasteiger partial charge is 0.385 e. The number of amides is 1. The lowest BCUT2D eigenvalue weighted by atomic mass is 9.97. The van der Waals surface area contributed by atoms with Gasteiger partial charge in [0.15, 0.2) is 0 Å². The predicted octanol–water partition coefficient (Wildman–Crippen LogP) is 4.41. The highest BCUT2D eigenvalue weighted by Gasteiger charge is 2.34. The zero-order valence-electron chi connectivity index (χ0n) is 20.4. The van der Waals surface area contributed by atoms with Crippen LogP contribution in [0.2, 0.25) is 0 Å². The SMILES string of the molecule is CCNc1cc(-c2cc(C(F)(F)F)nc3c(-n4cnc(/C(C=N)=C/[NH2+]C(F)F)c4)cccc23)ccc1C(N)=O. The molecular formula is C26H23F5N7O+. The molecule has 8 nitrogen and oxygen atoms in total. The molecule has 39 heavy (non-hydrogen) atoms. The Balaban J connectivity index is 1.93. The highest BCUT2D eigenvalue weighted by molar-refractivity contribution is 6.07. The molecule has 4 rings (SSSR count). The van der Waals surface area contributed by atoms with Gasteiger partial charge in [-0.15, -0.1) is 0 Å². The summed E-state index contributed by atoms with van der Waals surface area (Å²) >= 11 is 0. The molecule has 1 amide bonds. The van der Waals surface area contributed by atoms with E-state index < -0.39 is 24.3 Å². The van der Waals surface area contributed by atoms with Crippen LogP contribution >= 0.6 is 0 Å². The Kier molecular flexibility index (Phi) is 7.72. The fraction of sp³-hybridized carbons (Fsp3) is 0.154. The van der Waals surface area contributed by atoms with Gasteiger partial charge in [-0.05, 0) is 42.3 Å². The molecule has 0 bridgehead atoms. The molecular weight excluding hydrogens is 521 g/mol. The van der Waals surface area contributed by atoms with Gasteiger partial charge in [0, 0.05) is 30.0 Å². The molecule has 2 aromatic heterocycles. The summed E-state index contributed by atoms with van der Waals surface area (Å²) in [6.45, 7) is -0.478. The number of primary amides is 1. The number of nitrogens with zero attached hydrogens (tertiary/aromatic N) is 3. The highest BCUT2D eigenvalue weighted by Crippen LogP contribution is 2.38. The second-order valence-electron chi connectivity index (χ2n) is 8.34. The van der Waals surface area contributed by atoms with Gasteiger partial charge in [-0.1, -0.05) is 18.2 Å². The van der Waals surface area contributed by atoms with Gasteiger partial charge in [-0.3, -0.25) is 10.1 Å². The zero-order chi connectivity index (χ0) is 28.3. The van der Waals surface area contributed by atoms with Crippen molar-refractivity contribution in [2.24, 2.45) is 5.73 Å². The number of carbonyl (C=O) groups is 1. The van der Waals surface area contributed by atoms with Crippen LogP contribution in [0.1, 0.15) is 28.7 Å². The normalized spacial score (nSPS) is 12.2. The number of anilines is 1. The number of halogens is 5. The van der Waals surface area contributed by atoms with E-state index in [1.54, 1.807) is 31.2 Å². The number of carbonyl (C=O) groups excluding carboxylic acids is 1. The lowest BCUT2D eigenvalue weighted by Crippen LogP contribution is -2.82. The van der Waals surface area contributed by atoms with Crippen LogP contribution < -0.4 is 16.4 Å². The molecule has 13 heteroatoms. The van der Waals surface area contributed by atoms with Crippen LogP contribution in [0.15, 0.2) is 61.2 Å². The summed E-state index contributed by atoms with van der Waals surface area (Å²) in [5.74, 6) is -0.684. The van der Waals surface area contributed by atoms with Crippen molar-refractivity contribution in [3.63, 3.8) is 0 Å². The predicted molar refractivity (Wildman–Crippen MR) is 137 cm³/mol. The fourth-order valence-electron chi connectivity index (χ4n) is 4.08. The number of imidazole rings is 1. The van der Waals surface area contributed by atoms with Crippen LogP contribution in [0.3, 0.4) is 0 Å². The van der Waals surface area contributed by atoms with E-state index in [0.29, 0.717) is 28.5 Å². The molecule has 6 N–H and O–H groups in total. The highest BCUT2D eigenvalue weighted by atomic mass is 19.4. The first-order valence-corrected chi connectivity index (χ1v) is 11.6. The molecule has 0 aliphatic heterocycles. The van der Waals surface area contributed by atoms with Gasteiger partial charge < -0.3 is 21.0 Å². The monoisotopic (exact) mass is 544 g/mol. The minimum absolute atomic E-state index is 0.00905. The van der Waals surface area contributed by atoms with Crippen molar-refractivity contribution in [1.29, 1.82) is 5.41 Å². The van der Waals surface area contributed by atoms with Crippen LogP contribution in [0.25, 0.3) is 33.3 Å². The number of hydrogen-bond acceptors (Lipinski definition) is 5. The minimum Gasteiger partial charge on any atom is -0.385 e. The maximum Gasteiger partial charge on any atom is 0.433 e. The first kappa shape index (κ1) is 27.4. The van der Waals surface area contributed by atoms with Crippen molar-refractivity contribution in [3.05, 3.63) is 78.1 Å². The maximum absolute atomic E-state index is 14.0. The number of pyridine rings is 1. The topological polar surface area (TPSA) is 126 Å². The molecule has 202 valence electrons. The minimum atomic E-state index is -4.77. The number of benzene rings is 2. The van der Waals surface area contributed by atoms with Crippen LogP contribution in [0.4, 0.5) is 27.6 Å². The van der Waals surface area contributed by atoms with Crippen molar-refractivity contribution in [2.75, 3.05) is 11.9 Å². The number of nitrogens with two attached hydrogens (primary N) is 2. The summed E-state index contributed by atoms with van der Waals surface area (Å²) in [4.78, 5) is 19.9. The van der Waals surface area contributed by atoms with Crippen molar-refractivity contribution < 1.29 is 32.1 Å². The summed E-state index contributed by atoms with van der Waals surface area (Å²) in [5, 5.41) is 11.5. The lowest BCUT2D eigenvalue weighted by molar-refractivity contribution is -0.680. The van der Waals surface area contributed by atoms with E-state index in [2.05, 4.69) is 15.3 Å². The molecule has 0 saturated carbocycles. The van der Waals surface area contributed by atoms with E-state index in [9.17, 15) is 26.7 Å². The Labute approximate surface area is 218 Å². The first-order chi connectivity index (χ1) is 18.5. The molecule has 2 heterocycles. The van der Waals surface area contributed by atoms with E-state index in [4.69, 9.17) is 11.1 Å². The number of hydrogen-bond donors (Lipinski definition) is 4. The van der Waals surface area contributed by atoms with E-state index >= 15 is 0 Å². The second kappa shape index (κ2) is 11.0. The number of fused-ring (bicyclic) bond motifs is 1. The Hall–Kier alpha value is -4.65. The van der Waals surface area contributed by atoms with Gasteiger partial charge in [0.1, 0.15) is 11.9 Å². The van der Waals surface area contributed by atoms with E-state index in [0.717, 1.165) is 18.5 Å². The maximum atomic E-state index is 14.0. The van der Waals surface area contributed by atoms with Crippen LogP contribution in [-0.4, -0.2) is 39.8 Å². The Morgan fingerprint density at radius 2 is 2.00 bits per heavy atom. The van der Waals surface area contributed by atoms with E-state index in [1.807, 2.05) is 0 Å². The third-order valence-electron chi connectivity index (χ3n) is 5.81. The molecule has 0 aliphatic carbocycles. The fourth-order valence-corrected chi connectivity index (χ4v) is 4.08. The number of rotatable bonds is 9. The third-order valence-corrected chi connectivity index (χ3v) is 5.81. The van der Waals surface area contributed by atoms with Crippen molar-refractivity contribution in [2.45, 2.75) is 19.6 Å². The number of aromatic nitrogens is 3. The summed E-state index contributed by atoms with van der Waals surface area (Å²) in [6, 6.07) is 10.3. The number of para-hydroxylation sites is 1. The molecule has 0 saturated heterocycles. The van der Waals surface area contributed by atoms with E-state index in [1.165, 1.54) is 29.2 Å². The van der Waals surface area contributed by atoms with Gasteiger partial charge in [-0.2, -0.15) is 22.0 Å². The second-order valence-corrected chi connectivity index (χ2v) is 8.34. The first-order valence-electron chi connectivity index (χ1n) is 11.6. The average molecular weight is 545 g/mol. The lowest BCUT2D eigenvalue weighted by Gasteiger charge is -2.16. The number of quaternary nitrogens is 1. The molecule has 0 radical (unpaired) electrons. The van der Waals surface area contributed by atoms with Crippen molar-refractivity contribution >= 4 is 34.3 Å². The summed E-state index contributed by atoms with van der Waals surface area (Å²) in [7, 11) is 0. The molecule has 2 aromatic carbocycles. The zero-order valence-corrected chi connectivity index (χ0v) is 20.4. The van der Waals surface area contributed by atoms with Gasteiger partial charge >= 0.3 is 12.7 Å². The van der Waals surface area contributed by atoms with Gasteiger partial charge in [0.05, 0.1) is 34.4 Å². The molecule has 0 unspecified atom stereocenters. The number of allylic oxidation sites excluding steroid dienone is 1. The summed E-state index contributed by atoms with van der Waals surface area (Å²) in [5.41, 5.74) is 6.03. The molecule has 4 aromatic rings. The summed E-state index contributed by atoms with van der Waals surface area (Å²) in [6.07, 6.45) is -0.156. The standard InChI is InChI=1S/C26H22F5N7O/c1-2-34-19-8-14(6-7-17(19)24(33)39)18-9-22(26(29,30)31)37-23-16(18)4-3-5-21(23)38-12-20(36-13-38)15(10-32)11-35-25(27)28/h3-13,25,32,34-35H,2H2,1H3,(H2,33,39)/p+1/b15-11+,32-10?. The van der Waals surface area contributed by atoms with Crippen molar-refractivity contribution in [3.8, 4) is 16.8 Å². The average Bonchev–Trinajstić information content (AvgIpc) is 3.37. The molecule has 0 aliphatic rings. The third kappa shape index (κ3) is 5.77. The van der Waals surface area contributed by atoms with Gasteiger partial charge in [0.2, 0.25) is 0 Å². The van der Waals surface area contributed by atoms with Crippen molar-refractivity contribution in [1.82, 2.24) is 14.5 Å². The molecule has 0 spiro atoms. The summed E-state index contributed by atoms with van der Waals surface area (Å²) < 4.78 is 68.5. The Morgan fingerprint density at radius 1 is 1.23 bits per heavy atom. The number of alkyl halides is 5. The van der Waals surface area contributed by atoms with Gasteiger partial charge in [-0.25, -0.2) is 9.97 Å². The molecule has 0 fully saturated rings. The van der Waals surface area contributed by atoms with E-state index in [-0.39, 0.29) is 33.6 Å². The van der Waals surface area contributed by atoms with Crippen LogP contribution in [0, 0.1) is 5.41 Å². The molecule has 0 atom stereocenters. The Bertz CT molecular complexity index is 1580. The quantitative estimate of drug-likeness (QED) is 0.141. The van der Waals surface area contributed by atoms with Crippen LogP contribution in [0.5, 0.6) is 0 Å². The Morgan fingerprint density at radius 3 is 2.64 bits per heavy atom. The number of nitrogens with one attached hydrogen (secondary N) is 2. The van der Waals surface area contributed by atoms with Gasteiger partial charge in [0.25, 0.3) is 5.91 Å².